The lowest BCUT2D eigenvalue weighted by molar-refractivity contribution is 0.233. The van der Waals surface area contributed by atoms with Gasteiger partial charge in [0.25, 0.3) is 0 Å². The highest BCUT2D eigenvalue weighted by Crippen LogP contribution is 2.39. The van der Waals surface area contributed by atoms with E-state index in [9.17, 15) is 0 Å². The highest BCUT2D eigenvalue weighted by molar-refractivity contribution is 5.52. The molecule has 1 aliphatic rings. The summed E-state index contributed by atoms with van der Waals surface area (Å²) in [6, 6.07) is 0. The van der Waals surface area contributed by atoms with E-state index >= 15 is 0 Å². The lowest BCUT2D eigenvalue weighted by Crippen LogP contribution is -2.11. The van der Waals surface area contributed by atoms with Gasteiger partial charge < -0.3 is 10.5 Å². The number of aromatic nitrogens is 2. The molecule has 0 bridgehead atoms. The van der Waals surface area contributed by atoms with Gasteiger partial charge in [0.2, 0.25) is 0 Å². The predicted octanol–water partition coefficient (Wildman–Crippen LogP) is 1.25. The molecule has 2 heterocycles. The fourth-order valence-electron chi connectivity index (χ4n) is 1.55. The topological polar surface area (TPSA) is 61.0 Å². The van der Waals surface area contributed by atoms with Crippen LogP contribution >= 0.6 is 0 Å². The second-order valence-electron chi connectivity index (χ2n) is 3.48. The van der Waals surface area contributed by atoms with Crippen molar-refractivity contribution in [3.63, 3.8) is 0 Å². The third-order valence-corrected chi connectivity index (χ3v) is 2.47. The third-order valence-electron chi connectivity index (χ3n) is 2.47. The van der Waals surface area contributed by atoms with Gasteiger partial charge in [0.05, 0.1) is 5.69 Å². The number of nitrogen functional groups attached to an aromatic ring is 1. The van der Waals surface area contributed by atoms with Crippen molar-refractivity contribution in [3.8, 4) is 5.75 Å². The van der Waals surface area contributed by atoms with Gasteiger partial charge in [-0.15, -0.1) is 0 Å². The molecule has 70 valence electrons. The fourth-order valence-corrected chi connectivity index (χ4v) is 1.55. The molecule has 0 saturated carbocycles. The van der Waals surface area contributed by atoms with Gasteiger partial charge in [0.1, 0.15) is 11.9 Å². The van der Waals surface area contributed by atoms with Crippen LogP contribution in [0.4, 0.5) is 5.82 Å². The summed E-state index contributed by atoms with van der Waals surface area (Å²) >= 11 is 0. The first-order chi connectivity index (χ1) is 6.09. The van der Waals surface area contributed by atoms with Gasteiger partial charge in [-0.1, -0.05) is 6.92 Å². The van der Waals surface area contributed by atoms with Crippen LogP contribution in [0.25, 0.3) is 0 Å². The van der Waals surface area contributed by atoms with Gasteiger partial charge in [-0.2, -0.15) is 0 Å². The molecule has 2 rings (SSSR count). The maximum atomic E-state index is 5.72. The minimum absolute atomic E-state index is 0.147. The van der Waals surface area contributed by atoms with Crippen molar-refractivity contribution in [3.05, 3.63) is 11.5 Å². The number of rotatable bonds is 0. The summed E-state index contributed by atoms with van der Waals surface area (Å²) in [4.78, 5) is 8.39. The Hall–Kier alpha value is -1.32. The molecule has 0 fully saturated rings. The van der Waals surface area contributed by atoms with Gasteiger partial charge in [-0.05, 0) is 13.8 Å². The SMILES string of the molecule is Cc1nc(N)c2c(n1)C(C)C(C)O2. The average Bonchev–Trinajstić information content (AvgIpc) is 2.32. The van der Waals surface area contributed by atoms with Crippen LogP contribution in [-0.2, 0) is 0 Å². The highest BCUT2D eigenvalue weighted by atomic mass is 16.5. The average molecular weight is 179 g/mol. The third kappa shape index (κ3) is 1.13. The molecule has 2 atom stereocenters. The summed E-state index contributed by atoms with van der Waals surface area (Å²) in [5.74, 6) is 2.14. The van der Waals surface area contributed by atoms with Crippen LogP contribution in [0.15, 0.2) is 0 Å². The van der Waals surface area contributed by atoms with Crippen molar-refractivity contribution in [2.45, 2.75) is 32.8 Å². The zero-order valence-corrected chi connectivity index (χ0v) is 8.03. The second kappa shape index (κ2) is 2.58. The molecule has 2 N–H and O–H groups in total. The van der Waals surface area contributed by atoms with E-state index in [1.807, 2.05) is 13.8 Å². The smallest absolute Gasteiger partial charge is 0.183 e. The Morgan fingerprint density at radius 1 is 1.31 bits per heavy atom. The summed E-state index contributed by atoms with van der Waals surface area (Å²) in [5, 5.41) is 0. The standard InChI is InChI=1S/C9H13N3O/c1-4-5(2)13-8-7(4)11-6(3)12-9(8)10/h4-5H,1-3H3,(H2,10,11,12). The lowest BCUT2D eigenvalue weighted by atomic mass is 10.0. The summed E-state index contributed by atoms with van der Waals surface area (Å²) in [5.41, 5.74) is 6.66. The van der Waals surface area contributed by atoms with E-state index in [4.69, 9.17) is 10.5 Å². The van der Waals surface area contributed by atoms with Gasteiger partial charge >= 0.3 is 0 Å². The minimum atomic E-state index is 0.147. The summed E-state index contributed by atoms with van der Waals surface area (Å²) in [7, 11) is 0. The molecule has 1 aromatic rings. The normalized spacial score (nSPS) is 25.5. The summed E-state index contributed by atoms with van der Waals surface area (Å²) in [6.45, 7) is 5.94. The van der Waals surface area contributed by atoms with Crippen molar-refractivity contribution in [2.75, 3.05) is 5.73 Å². The van der Waals surface area contributed by atoms with Gasteiger partial charge in [-0.25, -0.2) is 9.97 Å². The molecular weight excluding hydrogens is 166 g/mol. The molecule has 4 heteroatoms. The van der Waals surface area contributed by atoms with Crippen LogP contribution in [-0.4, -0.2) is 16.1 Å². The molecule has 0 amide bonds. The minimum Gasteiger partial charge on any atom is -0.484 e. The molecule has 0 aromatic carbocycles. The van der Waals surface area contributed by atoms with E-state index in [0.29, 0.717) is 23.3 Å². The van der Waals surface area contributed by atoms with Crippen molar-refractivity contribution >= 4 is 5.82 Å². The Bertz CT molecular complexity index is 351. The first kappa shape index (κ1) is 8.29. The van der Waals surface area contributed by atoms with Gasteiger partial charge in [0.15, 0.2) is 11.6 Å². The molecule has 0 aliphatic carbocycles. The number of anilines is 1. The molecule has 0 radical (unpaired) electrons. The van der Waals surface area contributed by atoms with Crippen LogP contribution in [0.1, 0.15) is 31.3 Å². The van der Waals surface area contributed by atoms with Crippen LogP contribution < -0.4 is 10.5 Å². The monoisotopic (exact) mass is 179 g/mol. The van der Waals surface area contributed by atoms with Crippen molar-refractivity contribution < 1.29 is 4.74 Å². The van der Waals surface area contributed by atoms with Crippen LogP contribution in [0.5, 0.6) is 5.75 Å². The van der Waals surface area contributed by atoms with E-state index in [1.165, 1.54) is 0 Å². The second-order valence-corrected chi connectivity index (χ2v) is 3.48. The van der Waals surface area contributed by atoms with E-state index < -0.39 is 0 Å². The number of hydrogen-bond acceptors (Lipinski definition) is 4. The van der Waals surface area contributed by atoms with E-state index in [2.05, 4.69) is 16.9 Å². The molecular formula is C9H13N3O. The quantitative estimate of drug-likeness (QED) is 0.651. The van der Waals surface area contributed by atoms with Crippen molar-refractivity contribution in [1.82, 2.24) is 9.97 Å². The van der Waals surface area contributed by atoms with Gasteiger partial charge in [-0.3, -0.25) is 0 Å². The maximum absolute atomic E-state index is 5.72. The Morgan fingerprint density at radius 3 is 2.69 bits per heavy atom. The summed E-state index contributed by atoms with van der Waals surface area (Å²) < 4.78 is 5.55. The van der Waals surface area contributed by atoms with Crippen LogP contribution in [0.2, 0.25) is 0 Å². The zero-order chi connectivity index (χ0) is 9.59. The lowest BCUT2D eigenvalue weighted by Gasteiger charge is -2.06. The maximum Gasteiger partial charge on any atom is 0.183 e. The number of nitrogens with two attached hydrogens (primary N) is 1. The van der Waals surface area contributed by atoms with Gasteiger partial charge in [0, 0.05) is 5.92 Å². The molecule has 2 unspecified atom stereocenters. The Labute approximate surface area is 77.1 Å². The molecule has 1 aromatic heterocycles. The highest BCUT2D eigenvalue weighted by Gasteiger charge is 2.31. The molecule has 13 heavy (non-hydrogen) atoms. The molecule has 0 saturated heterocycles. The predicted molar refractivity (Wildman–Crippen MR) is 49.7 cm³/mol. The molecule has 0 spiro atoms. The first-order valence-corrected chi connectivity index (χ1v) is 4.40. The number of nitrogens with zero attached hydrogens (tertiary/aromatic N) is 2. The Kier molecular flexibility index (Phi) is 1.65. The molecule has 4 nitrogen and oxygen atoms in total. The first-order valence-electron chi connectivity index (χ1n) is 4.40. The number of ether oxygens (including phenoxy) is 1. The van der Waals surface area contributed by atoms with Crippen molar-refractivity contribution in [2.24, 2.45) is 0 Å². The number of hydrogen-bond donors (Lipinski definition) is 1. The fraction of sp³-hybridized carbons (Fsp3) is 0.556. The zero-order valence-electron chi connectivity index (χ0n) is 8.03. The number of fused-ring (bicyclic) bond motifs is 1. The van der Waals surface area contributed by atoms with Crippen LogP contribution in [0.3, 0.4) is 0 Å². The summed E-state index contributed by atoms with van der Waals surface area (Å²) in [6.07, 6.45) is 0.147. The van der Waals surface area contributed by atoms with Crippen LogP contribution in [0, 0.1) is 6.92 Å². The van der Waals surface area contributed by atoms with E-state index in [0.717, 1.165) is 5.69 Å². The van der Waals surface area contributed by atoms with E-state index in [1.54, 1.807) is 0 Å². The molecule has 1 aliphatic heterocycles. The Balaban J connectivity index is 2.57. The van der Waals surface area contributed by atoms with E-state index in [-0.39, 0.29) is 6.10 Å². The van der Waals surface area contributed by atoms with Crippen molar-refractivity contribution in [1.29, 1.82) is 0 Å². The largest absolute Gasteiger partial charge is 0.484 e. The Morgan fingerprint density at radius 2 is 2.00 bits per heavy atom. The number of aryl methyl sites for hydroxylation is 1.